The molecule has 2 heterocycles. The highest BCUT2D eigenvalue weighted by molar-refractivity contribution is 5.91. The van der Waals surface area contributed by atoms with E-state index in [1.54, 1.807) is 18.2 Å². The number of tetrazole rings is 1. The van der Waals surface area contributed by atoms with Gasteiger partial charge in [-0.15, -0.1) is 5.10 Å². The van der Waals surface area contributed by atoms with E-state index >= 15 is 0 Å². The summed E-state index contributed by atoms with van der Waals surface area (Å²) in [6.45, 7) is 0.252. The molecule has 1 aliphatic rings. The first-order valence-electron chi connectivity index (χ1n) is 9.81. The van der Waals surface area contributed by atoms with E-state index in [4.69, 9.17) is 0 Å². The van der Waals surface area contributed by atoms with Crippen molar-refractivity contribution in [3.05, 3.63) is 65.2 Å². The molecule has 0 spiro atoms. The van der Waals surface area contributed by atoms with Crippen molar-refractivity contribution in [2.75, 3.05) is 5.32 Å². The number of fused-ring (bicyclic) bond motifs is 1. The van der Waals surface area contributed by atoms with Crippen LogP contribution >= 0.6 is 0 Å². The molecule has 0 atom stereocenters. The van der Waals surface area contributed by atoms with Gasteiger partial charge in [0, 0.05) is 24.2 Å². The average Bonchev–Trinajstić information content (AvgIpc) is 3.50. The Morgan fingerprint density at radius 3 is 2.87 bits per heavy atom. The number of benzene rings is 2. The van der Waals surface area contributed by atoms with Crippen LogP contribution in [0.3, 0.4) is 0 Å². The van der Waals surface area contributed by atoms with Gasteiger partial charge in [0.15, 0.2) is 5.82 Å². The van der Waals surface area contributed by atoms with Crippen LogP contribution < -0.4 is 10.9 Å². The molecule has 2 aromatic heterocycles. The summed E-state index contributed by atoms with van der Waals surface area (Å²) < 4.78 is 3.29. The van der Waals surface area contributed by atoms with Crippen LogP contribution in [-0.2, 0) is 11.3 Å². The van der Waals surface area contributed by atoms with Crippen molar-refractivity contribution < 1.29 is 4.79 Å². The molecular weight excluding hydrogens is 382 g/mol. The van der Waals surface area contributed by atoms with Crippen LogP contribution in [-0.4, -0.2) is 35.7 Å². The SMILES string of the molecule is O=C(CCn1cnc2ccccc2c1=O)Nc1cccc(-c2nnnn2C2CC2)c1. The third kappa shape index (κ3) is 3.57. The Labute approximate surface area is 171 Å². The fourth-order valence-corrected chi connectivity index (χ4v) is 3.40. The van der Waals surface area contributed by atoms with Crippen LogP contribution in [0.1, 0.15) is 25.3 Å². The van der Waals surface area contributed by atoms with Crippen molar-refractivity contribution in [2.24, 2.45) is 0 Å². The Kier molecular flexibility index (Phi) is 4.55. The van der Waals surface area contributed by atoms with Gasteiger partial charge in [0.1, 0.15) is 0 Å². The van der Waals surface area contributed by atoms with Crippen molar-refractivity contribution in [3.63, 3.8) is 0 Å². The molecule has 0 aliphatic heterocycles. The van der Waals surface area contributed by atoms with Crippen LogP contribution in [0, 0.1) is 0 Å². The number of carbonyl (C=O) groups excluding carboxylic acids is 1. The molecule has 0 saturated heterocycles. The molecule has 0 radical (unpaired) electrons. The molecule has 1 N–H and O–H groups in total. The first kappa shape index (κ1) is 18.2. The number of amides is 1. The Bertz CT molecular complexity index is 1290. The fraction of sp³-hybridized carbons (Fsp3) is 0.238. The number of nitrogens with zero attached hydrogens (tertiary/aromatic N) is 6. The third-order valence-electron chi connectivity index (χ3n) is 5.10. The average molecular weight is 401 g/mol. The Hall–Kier alpha value is -3.88. The van der Waals surface area contributed by atoms with Gasteiger partial charge in [0.2, 0.25) is 5.91 Å². The fourth-order valence-electron chi connectivity index (χ4n) is 3.40. The maximum atomic E-state index is 12.5. The van der Waals surface area contributed by atoms with Gasteiger partial charge in [-0.25, -0.2) is 9.67 Å². The van der Waals surface area contributed by atoms with Gasteiger partial charge in [0.05, 0.1) is 23.3 Å². The van der Waals surface area contributed by atoms with Crippen LogP contribution in [0.15, 0.2) is 59.7 Å². The van der Waals surface area contributed by atoms with E-state index in [2.05, 4.69) is 25.8 Å². The standard InChI is InChI=1S/C21H19N7O2/c29-19(10-11-27-13-22-18-7-2-1-6-17(18)21(27)30)23-15-5-3-4-14(12-15)20-24-25-26-28(20)16-8-9-16/h1-7,12-13,16H,8-11H2,(H,23,29). The number of rotatable bonds is 6. The van der Waals surface area contributed by atoms with Gasteiger partial charge in [0.25, 0.3) is 5.56 Å². The third-order valence-corrected chi connectivity index (χ3v) is 5.10. The minimum atomic E-state index is -0.186. The predicted octanol–water partition coefficient (Wildman–Crippen LogP) is 2.41. The predicted molar refractivity (Wildman–Crippen MR) is 111 cm³/mol. The van der Waals surface area contributed by atoms with Crippen molar-refractivity contribution in [2.45, 2.75) is 31.8 Å². The summed E-state index contributed by atoms with van der Waals surface area (Å²) in [5, 5.41) is 15.4. The quantitative estimate of drug-likeness (QED) is 0.532. The second kappa shape index (κ2) is 7.51. The second-order valence-electron chi connectivity index (χ2n) is 7.32. The number of anilines is 1. The lowest BCUT2D eigenvalue weighted by molar-refractivity contribution is -0.116. The van der Waals surface area contributed by atoms with Crippen LogP contribution in [0.4, 0.5) is 5.69 Å². The number of aryl methyl sites for hydroxylation is 1. The van der Waals surface area contributed by atoms with E-state index in [0.29, 0.717) is 28.5 Å². The Morgan fingerprint density at radius 1 is 1.13 bits per heavy atom. The minimum Gasteiger partial charge on any atom is -0.326 e. The number of para-hydroxylation sites is 1. The molecule has 5 rings (SSSR count). The van der Waals surface area contributed by atoms with Crippen LogP contribution in [0.5, 0.6) is 0 Å². The molecule has 1 fully saturated rings. The van der Waals surface area contributed by atoms with Crippen molar-refractivity contribution in [3.8, 4) is 11.4 Å². The van der Waals surface area contributed by atoms with Gasteiger partial charge < -0.3 is 5.32 Å². The largest absolute Gasteiger partial charge is 0.326 e. The maximum absolute atomic E-state index is 12.5. The zero-order chi connectivity index (χ0) is 20.5. The lowest BCUT2D eigenvalue weighted by Gasteiger charge is -2.09. The maximum Gasteiger partial charge on any atom is 0.261 e. The monoisotopic (exact) mass is 401 g/mol. The molecule has 9 nitrogen and oxygen atoms in total. The molecule has 150 valence electrons. The first-order chi connectivity index (χ1) is 14.7. The normalized spacial score (nSPS) is 13.5. The highest BCUT2D eigenvalue weighted by Crippen LogP contribution is 2.36. The minimum absolute atomic E-state index is 0.151. The summed E-state index contributed by atoms with van der Waals surface area (Å²) in [6, 6.07) is 15.0. The number of carbonyl (C=O) groups is 1. The summed E-state index contributed by atoms with van der Waals surface area (Å²) in [5.41, 5.74) is 2.00. The zero-order valence-corrected chi connectivity index (χ0v) is 16.1. The van der Waals surface area contributed by atoms with Crippen molar-refractivity contribution in [1.82, 2.24) is 29.8 Å². The van der Waals surface area contributed by atoms with Gasteiger partial charge in [-0.3, -0.25) is 14.2 Å². The smallest absolute Gasteiger partial charge is 0.261 e. The highest BCUT2D eigenvalue weighted by Gasteiger charge is 2.28. The second-order valence-corrected chi connectivity index (χ2v) is 7.32. The van der Waals surface area contributed by atoms with E-state index in [1.165, 1.54) is 10.9 Å². The molecule has 2 aromatic carbocycles. The molecule has 1 amide bonds. The Balaban J connectivity index is 1.28. The van der Waals surface area contributed by atoms with E-state index in [0.717, 1.165) is 18.4 Å². The molecule has 9 heteroatoms. The van der Waals surface area contributed by atoms with Crippen molar-refractivity contribution >= 4 is 22.5 Å². The molecule has 1 saturated carbocycles. The van der Waals surface area contributed by atoms with Crippen LogP contribution in [0.25, 0.3) is 22.3 Å². The van der Waals surface area contributed by atoms with E-state index in [9.17, 15) is 9.59 Å². The van der Waals surface area contributed by atoms with Crippen molar-refractivity contribution in [1.29, 1.82) is 0 Å². The zero-order valence-electron chi connectivity index (χ0n) is 16.1. The van der Waals surface area contributed by atoms with Gasteiger partial charge in [-0.1, -0.05) is 24.3 Å². The van der Waals surface area contributed by atoms with Gasteiger partial charge in [-0.05, 0) is 47.5 Å². The van der Waals surface area contributed by atoms with Gasteiger partial charge >= 0.3 is 0 Å². The number of hydrogen-bond acceptors (Lipinski definition) is 6. The number of aromatic nitrogens is 6. The summed E-state index contributed by atoms with van der Waals surface area (Å²) in [4.78, 5) is 29.3. The lowest BCUT2D eigenvalue weighted by Crippen LogP contribution is -2.23. The first-order valence-corrected chi connectivity index (χ1v) is 9.81. The molecular formula is C21H19N7O2. The van der Waals surface area contributed by atoms with E-state index in [1.807, 2.05) is 35.0 Å². The lowest BCUT2D eigenvalue weighted by atomic mass is 10.2. The summed E-state index contributed by atoms with van der Waals surface area (Å²) in [7, 11) is 0. The van der Waals surface area contributed by atoms with Crippen LogP contribution in [0.2, 0.25) is 0 Å². The summed E-state index contributed by atoms with van der Waals surface area (Å²) in [6.07, 6.45) is 3.80. The number of hydrogen-bond donors (Lipinski definition) is 1. The highest BCUT2D eigenvalue weighted by atomic mass is 16.2. The molecule has 4 aromatic rings. The van der Waals surface area contributed by atoms with E-state index < -0.39 is 0 Å². The number of nitrogens with one attached hydrogen (secondary N) is 1. The topological polar surface area (TPSA) is 108 Å². The molecule has 0 unspecified atom stereocenters. The molecule has 1 aliphatic carbocycles. The summed E-state index contributed by atoms with van der Waals surface area (Å²) in [5.74, 6) is 0.511. The van der Waals surface area contributed by atoms with Gasteiger partial charge in [-0.2, -0.15) is 0 Å². The van der Waals surface area contributed by atoms with E-state index in [-0.39, 0.29) is 24.4 Å². The molecule has 30 heavy (non-hydrogen) atoms. The summed E-state index contributed by atoms with van der Waals surface area (Å²) >= 11 is 0. The Morgan fingerprint density at radius 2 is 2.00 bits per heavy atom. The molecule has 0 bridgehead atoms.